The van der Waals surface area contributed by atoms with Gasteiger partial charge < -0.3 is 25.8 Å². The fourth-order valence-electron chi connectivity index (χ4n) is 2.62. The van der Waals surface area contributed by atoms with E-state index in [2.05, 4.69) is 21.9 Å². The summed E-state index contributed by atoms with van der Waals surface area (Å²) >= 11 is 1.55. The van der Waals surface area contributed by atoms with Crippen molar-refractivity contribution < 1.29 is 20.1 Å². The topological polar surface area (TPSA) is 140 Å². The van der Waals surface area contributed by atoms with Crippen LogP contribution in [0.1, 0.15) is 26.0 Å². The number of hydrogen-bond donors (Lipinski definition) is 4. The summed E-state index contributed by atoms with van der Waals surface area (Å²) in [6.45, 7) is 1.72. The molecular weight excluding hydrogens is 334 g/mol. The Morgan fingerprint density at radius 2 is 2.12 bits per heavy atom. The van der Waals surface area contributed by atoms with Gasteiger partial charge in [0.15, 0.2) is 11.9 Å². The molecule has 2 aromatic rings. The summed E-state index contributed by atoms with van der Waals surface area (Å²) in [5, 5.41) is 30.0. The number of ether oxygens (including phenoxy) is 1. The molecule has 0 aromatic carbocycles. The number of unbranched alkanes of at least 4 members (excludes halogenated alkanes) is 1. The molecule has 3 heterocycles. The Labute approximate surface area is 142 Å². The van der Waals surface area contributed by atoms with Gasteiger partial charge in [-0.15, -0.1) is 11.8 Å². The zero-order valence-corrected chi connectivity index (χ0v) is 14.1. The van der Waals surface area contributed by atoms with Gasteiger partial charge in [-0.3, -0.25) is 4.57 Å². The molecule has 10 heteroatoms. The largest absolute Gasteiger partial charge is 0.394 e. The van der Waals surface area contributed by atoms with Crippen molar-refractivity contribution in [1.29, 1.82) is 0 Å². The number of rotatable bonds is 6. The summed E-state index contributed by atoms with van der Waals surface area (Å²) in [6, 6.07) is 0. The van der Waals surface area contributed by atoms with Crippen LogP contribution in [0.2, 0.25) is 0 Å². The second-order valence-corrected chi connectivity index (χ2v) is 6.73. The first-order valence-corrected chi connectivity index (χ1v) is 8.80. The molecule has 0 unspecified atom stereocenters. The van der Waals surface area contributed by atoms with E-state index in [0.29, 0.717) is 16.2 Å². The van der Waals surface area contributed by atoms with Crippen molar-refractivity contribution >= 4 is 28.9 Å². The van der Waals surface area contributed by atoms with Crippen molar-refractivity contribution in [3.63, 3.8) is 0 Å². The highest BCUT2D eigenvalue weighted by Crippen LogP contribution is 2.33. The molecule has 1 aliphatic heterocycles. The lowest BCUT2D eigenvalue weighted by molar-refractivity contribution is -0.0511. The van der Waals surface area contributed by atoms with Crippen LogP contribution in [0.4, 0.5) is 5.95 Å². The summed E-state index contributed by atoms with van der Waals surface area (Å²) in [5.41, 5.74) is 6.80. The molecule has 0 bridgehead atoms. The second kappa shape index (κ2) is 7.19. The highest BCUT2D eigenvalue weighted by molar-refractivity contribution is 7.99. The van der Waals surface area contributed by atoms with E-state index in [1.54, 1.807) is 11.8 Å². The van der Waals surface area contributed by atoms with E-state index in [0.717, 1.165) is 18.6 Å². The number of nitrogens with two attached hydrogens (primary N) is 1. The minimum absolute atomic E-state index is 0.106. The zero-order chi connectivity index (χ0) is 17.3. The van der Waals surface area contributed by atoms with E-state index >= 15 is 0 Å². The van der Waals surface area contributed by atoms with Crippen molar-refractivity contribution in [3.05, 3.63) is 6.33 Å². The van der Waals surface area contributed by atoms with Gasteiger partial charge in [0.05, 0.1) is 12.9 Å². The normalized spacial score (nSPS) is 27.2. The van der Waals surface area contributed by atoms with E-state index in [1.807, 2.05) is 0 Å². The third-order valence-corrected chi connectivity index (χ3v) is 4.99. The number of fused-ring (bicyclic) bond motifs is 1. The molecule has 5 N–H and O–H groups in total. The predicted octanol–water partition coefficient (Wildman–Crippen LogP) is -0.0878. The maximum Gasteiger partial charge on any atom is 0.223 e. The Balaban J connectivity index is 1.95. The van der Waals surface area contributed by atoms with Gasteiger partial charge >= 0.3 is 0 Å². The molecule has 24 heavy (non-hydrogen) atoms. The van der Waals surface area contributed by atoms with Crippen molar-refractivity contribution in [2.45, 2.75) is 49.3 Å². The quantitative estimate of drug-likeness (QED) is 0.318. The highest BCUT2D eigenvalue weighted by atomic mass is 32.2. The molecule has 4 atom stereocenters. The summed E-state index contributed by atoms with van der Waals surface area (Å²) in [6.07, 6.45) is -0.547. The maximum absolute atomic E-state index is 10.2. The SMILES string of the molecule is CCCCSc1nc(N)nc2c1ncn2[C@H]1O[C@@H](CO)[C@@H](O)[C@@H]1O. The average molecular weight is 355 g/mol. The van der Waals surface area contributed by atoms with Crippen LogP contribution < -0.4 is 5.73 Å². The smallest absolute Gasteiger partial charge is 0.223 e. The van der Waals surface area contributed by atoms with E-state index in [9.17, 15) is 15.3 Å². The number of nitrogens with zero attached hydrogens (tertiary/aromatic N) is 4. The Bertz CT molecular complexity index is 712. The van der Waals surface area contributed by atoms with Gasteiger partial charge in [-0.05, 0) is 12.2 Å². The number of aliphatic hydroxyl groups excluding tert-OH is 3. The lowest BCUT2D eigenvalue weighted by Gasteiger charge is -2.16. The Hall–Kier alpha value is -1.46. The standard InChI is InChI=1S/C14H21N5O4S/c1-2-3-4-24-12-8-11(17-14(15)18-12)19(6-16-8)13-10(22)9(21)7(5-20)23-13/h6-7,9-10,13,20-22H,2-5H2,1H3,(H2,15,17,18)/t7-,9+,10-,13-/m0/s1. The molecule has 1 aliphatic rings. The maximum atomic E-state index is 10.2. The van der Waals surface area contributed by atoms with Crippen LogP contribution in [0.25, 0.3) is 11.2 Å². The number of anilines is 1. The summed E-state index contributed by atoms with van der Waals surface area (Å²) in [7, 11) is 0. The monoisotopic (exact) mass is 355 g/mol. The van der Waals surface area contributed by atoms with Gasteiger partial charge in [0.25, 0.3) is 0 Å². The molecule has 2 aromatic heterocycles. The van der Waals surface area contributed by atoms with Gasteiger partial charge in [-0.1, -0.05) is 13.3 Å². The van der Waals surface area contributed by atoms with Crippen molar-refractivity contribution in [2.75, 3.05) is 18.1 Å². The van der Waals surface area contributed by atoms with E-state index in [-0.39, 0.29) is 5.95 Å². The molecule has 0 spiro atoms. The first-order valence-electron chi connectivity index (χ1n) is 7.82. The number of aromatic nitrogens is 4. The fourth-order valence-corrected chi connectivity index (χ4v) is 3.68. The lowest BCUT2D eigenvalue weighted by Crippen LogP contribution is -2.33. The molecule has 9 nitrogen and oxygen atoms in total. The first-order chi connectivity index (χ1) is 11.6. The van der Waals surface area contributed by atoms with Crippen molar-refractivity contribution in [2.24, 2.45) is 0 Å². The van der Waals surface area contributed by atoms with Gasteiger partial charge in [-0.25, -0.2) is 9.97 Å². The van der Waals surface area contributed by atoms with Crippen molar-refractivity contribution in [3.8, 4) is 0 Å². The number of hydrogen-bond acceptors (Lipinski definition) is 9. The molecule has 0 radical (unpaired) electrons. The van der Waals surface area contributed by atoms with Crippen LogP contribution in [0, 0.1) is 0 Å². The van der Waals surface area contributed by atoms with Gasteiger partial charge in [-0.2, -0.15) is 4.98 Å². The lowest BCUT2D eigenvalue weighted by atomic mass is 10.1. The molecule has 132 valence electrons. The molecule has 1 saturated heterocycles. The van der Waals surface area contributed by atoms with E-state index in [4.69, 9.17) is 10.5 Å². The minimum Gasteiger partial charge on any atom is -0.394 e. The van der Waals surface area contributed by atoms with Gasteiger partial charge in [0.1, 0.15) is 28.9 Å². The molecule has 0 aliphatic carbocycles. The minimum atomic E-state index is -1.20. The highest BCUT2D eigenvalue weighted by Gasteiger charge is 2.44. The van der Waals surface area contributed by atoms with Crippen LogP contribution in [0.15, 0.2) is 11.4 Å². The molecule has 3 rings (SSSR count). The third kappa shape index (κ3) is 3.07. The van der Waals surface area contributed by atoms with Crippen LogP contribution in [0.3, 0.4) is 0 Å². The summed E-state index contributed by atoms with van der Waals surface area (Å²) < 4.78 is 7.05. The van der Waals surface area contributed by atoms with E-state index < -0.39 is 31.1 Å². The van der Waals surface area contributed by atoms with Gasteiger partial charge in [0, 0.05) is 0 Å². The average Bonchev–Trinajstić information content (AvgIpc) is 3.10. The third-order valence-electron chi connectivity index (χ3n) is 3.93. The van der Waals surface area contributed by atoms with Crippen LogP contribution in [0.5, 0.6) is 0 Å². The number of nitrogen functional groups attached to an aromatic ring is 1. The fraction of sp³-hybridized carbons (Fsp3) is 0.643. The molecule has 1 fully saturated rings. The number of aliphatic hydroxyl groups is 3. The van der Waals surface area contributed by atoms with Crippen LogP contribution in [-0.2, 0) is 4.74 Å². The van der Waals surface area contributed by atoms with Crippen LogP contribution >= 0.6 is 11.8 Å². The Morgan fingerprint density at radius 1 is 1.33 bits per heavy atom. The summed E-state index contributed by atoms with van der Waals surface area (Å²) in [4.78, 5) is 12.8. The Morgan fingerprint density at radius 3 is 2.79 bits per heavy atom. The zero-order valence-electron chi connectivity index (χ0n) is 13.2. The second-order valence-electron chi connectivity index (χ2n) is 5.64. The van der Waals surface area contributed by atoms with E-state index in [1.165, 1.54) is 10.9 Å². The number of thioether (sulfide) groups is 1. The summed E-state index contributed by atoms with van der Waals surface area (Å²) in [5.74, 6) is 0.998. The first kappa shape index (κ1) is 17.4. The number of imidazole rings is 1. The van der Waals surface area contributed by atoms with Crippen molar-refractivity contribution in [1.82, 2.24) is 19.5 Å². The molecular formula is C14H21N5O4S. The predicted molar refractivity (Wildman–Crippen MR) is 88.4 cm³/mol. The molecule has 0 saturated carbocycles. The molecule has 0 amide bonds. The van der Waals surface area contributed by atoms with Crippen LogP contribution in [-0.4, -0.2) is 65.5 Å². The Kier molecular flexibility index (Phi) is 5.21. The van der Waals surface area contributed by atoms with Gasteiger partial charge in [0.2, 0.25) is 5.95 Å².